The molecule has 1 atom stereocenters. The SMILES string of the molecule is C=C(/C=C1/C=CCCC1CC)c1c(O)cc(N(c2ccc(C#N)cc2)c2cccc3c2oc2ccccc23)c2ccccc12. The van der Waals surface area contributed by atoms with Crippen molar-refractivity contribution in [2.75, 3.05) is 4.90 Å². The average molecular weight is 573 g/mol. The number of anilines is 3. The molecule has 0 amide bonds. The van der Waals surface area contributed by atoms with Crippen molar-refractivity contribution >= 4 is 55.3 Å². The first-order chi connectivity index (χ1) is 21.6. The Labute approximate surface area is 257 Å². The zero-order chi connectivity index (χ0) is 30.2. The molecule has 0 saturated heterocycles. The van der Waals surface area contributed by atoms with E-state index in [0.717, 1.165) is 80.2 Å². The van der Waals surface area contributed by atoms with Gasteiger partial charge in [0.05, 0.1) is 23.0 Å². The van der Waals surface area contributed by atoms with Gasteiger partial charge in [0.2, 0.25) is 0 Å². The number of hydrogen-bond donors (Lipinski definition) is 1. The van der Waals surface area contributed by atoms with Crippen LogP contribution >= 0.6 is 0 Å². The van der Waals surface area contributed by atoms with Gasteiger partial charge in [-0.2, -0.15) is 5.26 Å². The Morgan fingerprint density at radius 1 is 0.932 bits per heavy atom. The number of nitrogens with zero attached hydrogens (tertiary/aromatic N) is 2. The summed E-state index contributed by atoms with van der Waals surface area (Å²) >= 11 is 0. The van der Waals surface area contributed by atoms with Crippen molar-refractivity contribution in [1.29, 1.82) is 5.26 Å². The van der Waals surface area contributed by atoms with Gasteiger partial charge in [-0.15, -0.1) is 0 Å². The molecule has 1 aliphatic rings. The predicted molar refractivity (Wildman–Crippen MR) is 182 cm³/mol. The Balaban J connectivity index is 1.47. The number of hydrogen-bond acceptors (Lipinski definition) is 4. The first kappa shape index (κ1) is 27.3. The highest BCUT2D eigenvalue weighted by molar-refractivity contribution is 6.13. The number of furan rings is 1. The lowest BCUT2D eigenvalue weighted by atomic mass is 9.85. The molecule has 1 unspecified atom stereocenters. The third-order valence-electron chi connectivity index (χ3n) is 8.74. The Morgan fingerprint density at radius 3 is 2.43 bits per heavy atom. The first-order valence-corrected chi connectivity index (χ1v) is 15.1. The number of fused-ring (bicyclic) bond motifs is 4. The molecule has 0 spiro atoms. The molecule has 44 heavy (non-hydrogen) atoms. The van der Waals surface area contributed by atoms with Crippen molar-refractivity contribution in [1.82, 2.24) is 0 Å². The third kappa shape index (κ3) is 4.64. The maximum Gasteiger partial charge on any atom is 0.159 e. The van der Waals surface area contributed by atoms with E-state index in [1.807, 2.05) is 78.9 Å². The maximum absolute atomic E-state index is 11.8. The standard InChI is InChI=1S/C40H32N2O2/c1-3-28-11-4-5-12-29(28)23-26(2)39-33-15-7-6-13-31(33)36(24-37(39)43)42(30-21-19-27(25-41)20-22-30)35-17-10-16-34-32-14-8-9-18-38(32)44-40(34)35/h5-10,12-24,28,43H,2-4,11H2,1H3/b29-23-. The monoisotopic (exact) mass is 572 g/mol. The van der Waals surface area contributed by atoms with Gasteiger partial charge in [0, 0.05) is 33.5 Å². The quantitative estimate of drug-likeness (QED) is 0.216. The van der Waals surface area contributed by atoms with Gasteiger partial charge >= 0.3 is 0 Å². The zero-order valence-electron chi connectivity index (χ0n) is 24.6. The molecule has 4 heteroatoms. The highest BCUT2D eigenvalue weighted by Crippen LogP contribution is 2.47. The van der Waals surface area contributed by atoms with Crippen molar-refractivity contribution < 1.29 is 9.52 Å². The predicted octanol–water partition coefficient (Wildman–Crippen LogP) is 11.1. The number of rotatable bonds is 6. The van der Waals surface area contributed by atoms with Crippen molar-refractivity contribution in [3.8, 4) is 11.8 Å². The van der Waals surface area contributed by atoms with Crippen LogP contribution in [-0.2, 0) is 0 Å². The normalized spacial score (nSPS) is 15.6. The number of phenols is 1. The molecular formula is C40H32N2O2. The molecule has 4 nitrogen and oxygen atoms in total. The lowest BCUT2D eigenvalue weighted by molar-refractivity contribution is 0.475. The molecule has 1 heterocycles. The van der Waals surface area contributed by atoms with Crippen LogP contribution in [0.25, 0.3) is 38.3 Å². The molecule has 6 aromatic rings. The molecule has 0 fully saturated rings. The zero-order valence-corrected chi connectivity index (χ0v) is 24.6. The summed E-state index contributed by atoms with van der Waals surface area (Å²) in [4.78, 5) is 2.11. The van der Waals surface area contributed by atoms with Gasteiger partial charge in [-0.25, -0.2) is 0 Å². The summed E-state index contributed by atoms with van der Waals surface area (Å²) in [6.07, 6.45) is 9.86. The number of benzene rings is 5. The molecule has 0 aliphatic heterocycles. The maximum atomic E-state index is 11.8. The summed E-state index contributed by atoms with van der Waals surface area (Å²) in [5.41, 5.74) is 7.37. The molecule has 1 N–H and O–H groups in total. The molecular weight excluding hydrogens is 540 g/mol. The van der Waals surface area contributed by atoms with Crippen LogP contribution in [0.4, 0.5) is 17.1 Å². The lowest BCUT2D eigenvalue weighted by Crippen LogP contribution is -2.11. The van der Waals surface area contributed by atoms with Crippen LogP contribution in [0.1, 0.15) is 37.3 Å². The van der Waals surface area contributed by atoms with E-state index in [1.54, 1.807) is 0 Å². The van der Waals surface area contributed by atoms with E-state index in [2.05, 4.69) is 60.9 Å². The second-order valence-corrected chi connectivity index (χ2v) is 11.3. The lowest BCUT2D eigenvalue weighted by Gasteiger charge is -2.28. The van der Waals surface area contributed by atoms with Gasteiger partial charge in [0.1, 0.15) is 11.3 Å². The van der Waals surface area contributed by atoms with Gasteiger partial charge in [-0.05, 0) is 78.1 Å². The number of allylic oxidation sites excluding steroid dienone is 5. The minimum atomic E-state index is 0.156. The third-order valence-corrected chi connectivity index (χ3v) is 8.74. The van der Waals surface area contributed by atoms with Gasteiger partial charge < -0.3 is 14.4 Å². The molecule has 0 bridgehead atoms. The van der Waals surface area contributed by atoms with E-state index in [9.17, 15) is 10.4 Å². The topological polar surface area (TPSA) is 60.4 Å². The van der Waals surface area contributed by atoms with Crippen molar-refractivity contribution in [2.24, 2.45) is 5.92 Å². The van der Waals surface area contributed by atoms with Crippen LogP contribution in [0.15, 0.2) is 132 Å². The van der Waals surface area contributed by atoms with Gasteiger partial charge in [0.15, 0.2) is 5.58 Å². The van der Waals surface area contributed by atoms with E-state index in [4.69, 9.17) is 4.42 Å². The summed E-state index contributed by atoms with van der Waals surface area (Å²) in [5.74, 6) is 0.643. The minimum absolute atomic E-state index is 0.156. The van der Waals surface area contributed by atoms with Crippen molar-refractivity contribution in [3.05, 3.63) is 139 Å². The molecule has 214 valence electrons. The second kappa shape index (κ2) is 11.3. The van der Waals surface area contributed by atoms with Gasteiger partial charge in [0.25, 0.3) is 0 Å². The van der Waals surface area contributed by atoms with Gasteiger partial charge in [-0.1, -0.05) is 86.3 Å². The van der Waals surface area contributed by atoms with Crippen molar-refractivity contribution in [2.45, 2.75) is 26.2 Å². The number of para-hydroxylation sites is 2. The Morgan fingerprint density at radius 2 is 1.66 bits per heavy atom. The molecule has 0 saturated carbocycles. The highest BCUT2D eigenvalue weighted by atomic mass is 16.3. The summed E-state index contributed by atoms with van der Waals surface area (Å²) in [7, 11) is 0. The Kier molecular flexibility index (Phi) is 7.00. The van der Waals surface area contributed by atoms with E-state index in [1.165, 1.54) is 5.57 Å². The van der Waals surface area contributed by atoms with Crippen LogP contribution in [-0.4, -0.2) is 5.11 Å². The fourth-order valence-corrected chi connectivity index (χ4v) is 6.56. The minimum Gasteiger partial charge on any atom is -0.507 e. The van der Waals surface area contributed by atoms with Crippen LogP contribution in [0.2, 0.25) is 0 Å². The fraction of sp³-hybridized carbons (Fsp3) is 0.125. The summed E-state index contributed by atoms with van der Waals surface area (Å²) in [6, 6.07) is 33.9. The van der Waals surface area contributed by atoms with E-state index >= 15 is 0 Å². The van der Waals surface area contributed by atoms with E-state index in [-0.39, 0.29) is 5.75 Å². The highest BCUT2D eigenvalue weighted by Gasteiger charge is 2.24. The second-order valence-electron chi connectivity index (χ2n) is 11.3. The molecule has 5 aromatic carbocycles. The Hall–Kier alpha value is -5.53. The van der Waals surface area contributed by atoms with Crippen molar-refractivity contribution in [3.63, 3.8) is 0 Å². The van der Waals surface area contributed by atoms with Gasteiger partial charge in [-0.3, -0.25) is 0 Å². The summed E-state index contributed by atoms with van der Waals surface area (Å²) in [6.45, 7) is 6.67. The smallest absolute Gasteiger partial charge is 0.159 e. The molecule has 7 rings (SSSR count). The van der Waals surface area contributed by atoms with Crippen LogP contribution < -0.4 is 4.90 Å². The van der Waals surface area contributed by atoms with Crippen LogP contribution in [0, 0.1) is 17.2 Å². The Bertz CT molecular complexity index is 2160. The molecule has 1 aromatic heterocycles. The average Bonchev–Trinajstić information content (AvgIpc) is 3.45. The summed E-state index contributed by atoms with van der Waals surface area (Å²) < 4.78 is 6.48. The number of nitriles is 1. The molecule has 0 radical (unpaired) electrons. The number of aromatic hydroxyl groups is 1. The van der Waals surface area contributed by atoms with E-state index in [0.29, 0.717) is 11.5 Å². The summed E-state index contributed by atoms with van der Waals surface area (Å²) in [5, 5.41) is 25.2. The largest absolute Gasteiger partial charge is 0.507 e. The van der Waals surface area contributed by atoms with E-state index < -0.39 is 0 Å². The van der Waals surface area contributed by atoms with Crippen LogP contribution in [0.5, 0.6) is 5.75 Å². The molecule has 1 aliphatic carbocycles. The number of phenolic OH excluding ortho intramolecular Hbond substituents is 1. The van der Waals surface area contributed by atoms with Crippen LogP contribution in [0.3, 0.4) is 0 Å². The fourth-order valence-electron chi connectivity index (χ4n) is 6.56. The first-order valence-electron chi connectivity index (χ1n) is 15.1.